The number of carboxylic acid groups (broad SMARTS) is 1. The van der Waals surface area contributed by atoms with E-state index in [1.165, 1.54) is 0 Å². The van der Waals surface area contributed by atoms with Crippen molar-refractivity contribution in [3.05, 3.63) is 34.9 Å². The molecule has 3 rings (SSSR count). The number of aliphatic carboxylic acids is 1. The van der Waals surface area contributed by atoms with Gasteiger partial charge in [0.05, 0.1) is 5.41 Å². The van der Waals surface area contributed by atoms with E-state index in [-0.39, 0.29) is 11.8 Å². The van der Waals surface area contributed by atoms with Crippen molar-refractivity contribution in [2.75, 3.05) is 0 Å². The number of rotatable bonds is 2. The molecule has 0 radical (unpaired) electrons. The van der Waals surface area contributed by atoms with E-state index in [0.717, 1.165) is 18.4 Å². The van der Waals surface area contributed by atoms with Gasteiger partial charge in [0.2, 0.25) is 11.8 Å². The summed E-state index contributed by atoms with van der Waals surface area (Å²) in [6.07, 6.45) is 2.20. The third-order valence-electron chi connectivity index (χ3n) is 3.39. The van der Waals surface area contributed by atoms with E-state index in [4.69, 9.17) is 16.7 Å². The van der Waals surface area contributed by atoms with Gasteiger partial charge in [-0.1, -0.05) is 23.7 Å². The summed E-state index contributed by atoms with van der Waals surface area (Å²) in [5.41, 5.74) is 0.192. The minimum absolute atomic E-state index is 0.148. The molecule has 1 saturated heterocycles. The molecule has 1 saturated carbocycles. The Morgan fingerprint density at radius 2 is 1.80 bits per heavy atom. The maximum absolute atomic E-state index is 11.0. The number of hydrogen-bond donors (Lipinski definition) is 2. The van der Waals surface area contributed by atoms with Crippen molar-refractivity contribution >= 4 is 29.4 Å². The average Bonchev–Trinajstić information content (AvgIpc) is 3.12. The van der Waals surface area contributed by atoms with Gasteiger partial charge in [-0.2, -0.15) is 0 Å². The van der Waals surface area contributed by atoms with Crippen molar-refractivity contribution in [2.24, 2.45) is 0 Å². The molecule has 0 unspecified atom stereocenters. The third-order valence-corrected chi connectivity index (χ3v) is 3.63. The minimum Gasteiger partial charge on any atom is -0.481 e. The van der Waals surface area contributed by atoms with E-state index < -0.39 is 11.4 Å². The maximum atomic E-state index is 11.0. The fraction of sp³-hybridized carbons (Fsp3) is 0.357. The van der Waals surface area contributed by atoms with Gasteiger partial charge in [-0.05, 0) is 30.5 Å². The van der Waals surface area contributed by atoms with E-state index in [1.807, 2.05) is 6.07 Å². The Labute approximate surface area is 120 Å². The minimum atomic E-state index is -0.741. The summed E-state index contributed by atoms with van der Waals surface area (Å²) in [5, 5.41) is 11.7. The zero-order valence-electron chi connectivity index (χ0n) is 10.7. The van der Waals surface area contributed by atoms with Crippen LogP contribution < -0.4 is 5.32 Å². The summed E-state index contributed by atoms with van der Waals surface area (Å²) in [7, 11) is 0. The Morgan fingerprint density at radius 3 is 2.15 bits per heavy atom. The van der Waals surface area contributed by atoms with Crippen molar-refractivity contribution in [3.8, 4) is 0 Å². The molecule has 20 heavy (non-hydrogen) atoms. The molecule has 1 aliphatic heterocycles. The van der Waals surface area contributed by atoms with E-state index >= 15 is 0 Å². The Hall–Kier alpha value is -1.88. The Kier molecular flexibility index (Phi) is 4.09. The third kappa shape index (κ3) is 3.17. The second-order valence-electron chi connectivity index (χ2n) is 4.87. The summed E-state index contributed by atoms with van der Waals surface area (Å²) >= 11 is 5.79. The van der Waals surface area contributed by atoms with E-state index in [0.29, 0.717) is 17.9 Å². The Morgan fingerprint density at radius 1 is 1.20 bits per heavy atom. The van der Waals surface area contributed by atoms with Crippen LogP contribution in [0, 0.1) is 0 Å². The van der Waals surface area contributed by atoms with Gasteiger partial charge >= 0.3 is 5.97 Å². The first-order chi connectivity index (χ1) is 9.44. The van der Waals surface area contributed by atoms with Crippen LogP contribution in [-0.2, 0) is 19.8 Å². The maximum Gasteiger partial charge on any atom is 0.314 e. The molecule has 2 amide bonds. The number of hydrogen-bond acceptors (Lipinski definition) is 3. The van der Waals surface area contributed by atoms with Crippen LogP contribution in [0.25, 0.3) is 0 Å². The van der Waals surface area contributed by atoms with Gasteiger partial charge in [-0.15, -0.1) is 0 Å². The number of carboxylic acids is 1. The number of carbonyl (C=O) groups excluding carboxylic acids is 2. The van der Waals surface area contributed by atoms with Gasteiger partial charge in [-0.25, -0.2) is 0 Å². The molecule has 0 spiro atoms. The molecule has 0 bridgehead atoms. The molecular formula is C14H14ClNO4. The van der Waals surface area contributed by atoms with Gasteiger partial charge in [0, 0.05) is 17.9 Å². The second kappa shape index (κ2) is 5.63. The van der Waals surface area contributed by atoms with Gasteiger partial charge < -0.3 is 5.11 Å². The van der Waals surface area contributed by atoms with Gasteiger partial charge in [0.25, 0.3) is 0 Å². The average molecular weight is 296 g/mol. The molecule has 1 aliphatic carbocycles. The van der Waals surface area contributed by atoms with E-state index in [2.05, 4.69) is 5.32 Å². The van der Waals surface area contributed by atoms with Crippen molar-refractivity contribution < 1.29 is 19.5 Å². The zero-order chi connectivity index (χ0) is 14.8. The van der Waals surface area contributed by atoms with Gasteiger partial charge in [0.15, 0.2) is 0 Å². The van der Waals surface area contributed by atoms with Gasteiger partial charge in [0.1, 0.15) is 0 Å². The van der Waals surface area contributed by atoms with Crippen molar-refractivity contribution in [1.29, 1.82) is 0 Å². The molecule has 1 aromatic rings. The van der Waals surface area contributed by atoms with Crippen molar-refractivity contribution in [1.82, 2.24) is 5.32 Å². The quantitative estimate of drug-likeness (QED) is 0.816. The SMILES string of the molecule is O=C(O)C1(c2cccc(Cl)c2)CC1.O=C1CCC(=O)N1. The predicted octanol–water partition coefficient (Wildman–Crippen LogP) is 1.88. The highest BCUT2D eigenvalue weighted by Crippen LogP contribution is 2.48. The first kappa shape index (κ1) is 14.5. The Balaban J connectivity index is 0.000000178. The summed E-state index contributed by atoms with van der Waals surface area (Å²) in [6.45, 7) is 0. The molecule has 106 valence electrons. The predicted molar refractivity (Wildman–Crippen MR) is 72.4 cm³/mol. The number of benzene rings is 1. The molecule has 2 fully saturated rings. The normalized spacial score (nSPS) is 18.9. The highest BCUT2D eigenvalue weighted by molar-refractivity contribution is 6.30. The number of halogens is 1. The molecular weight excluding hydrogens is 282 g/mol. The summed E-state index contributed by atoms with van der Waals surface area (Å²) in [5.74, 6) is -1.04. The lowest BCUT2D eigenvalue weighted by Crippen LogP contribution is -2.19. The Bertz CT molecular complexity index is 552. The topological polar surface area (TPSA) is 83.5 Å². The fourth-order valence-electron chi connectivity index (χ4n) is 2.04. The summed E-state index contributed by atoms with van der Waals surface area (Å²) in [6, 6.07) is 7.11. The first-order valence-electron chi connectivity index (χ1n) is 6.26. The second-order valence-corrected chi connectivity index (χ2v) is 5.31. The van der Waals surface area contributed by atoms with Crippen LogP contribution in [0.2, 0.25) is 5.02 Å². The zero-order valence-corrected chi connectivity index (χ0v) is 11.4. The number of carbonyl (C=O) groups is 3. The molecule has 1 heterocycles. The molecule has 2 aliphatic rings. The highest BCUT2D eigenvalue weighted by atomic mass is 35.5. The lowest BCUT2D eigenvalue weighted by molar-refractivity contribution is -0.140. The molecule has 6 heteroatoms. The fourth-order valence-corrected chi connectivity index (χ4v) is 2.24. The molecule has 0 aromatic heterocycles. The van der Waals surface area contributed by atoms with Crippen LogP contribution in [-0.4, -0.2) is 22.9 Å². The monoisotopic (exact) mass is 295 g/mol. The van der Waals surface area contributed by atoms with Crippen LogP contribution >= 0.6 is 11.6 Å². The van der Waals surface area contributed by atoms with E-state index in [1.54, 1.807) is 18.2 Å². The van der Waals surface area contributed by atoms with Crippen LogP contribution in [0.3, 0.4) is 0 Å². The van der Waals surface area contributed by atoms with Crippen LogP contribution in [0.15, 0.2) is 24.3 Å². The van der Waals surface area contributed by atoms with Crippen LogP contribution in [0.4, 0.5) is 0 Å². The highest BCUT2D eigenvalue weighted by Gasteiger charge is 2.51. The van der Waals surface area contributed by atoms with Crippen LogP contribution in [0.1, 0.15) is 31.2 Å². The molecule has 5 nitrogen and oxygen atoms in total. The first-order valence-corrected chi connectivity index (χ1v) is 6.64. The van der Waals surface area contributed by atoms with E-state index in [9.17, 15) is 14.4 Å². The molecule has 1 aromatic carbocycles. The number of nitrogens with one attached hydrogen (secondary N) is 1. The largest absolute Gasteiger partial charge is 0.481 e. The number of amides is 2. The summed E-state index contributed by atoms with van der Waals surface area (Å²) < 4.78 is 0. The smallest absolute Gasteiger partial charge is 0.314 e. The summed E-state index contributed by atoms with van der Waals surface area (Å²) in [4.78, 5) is 31.2. The van der Waals surface area contributed by atoms with Gasteiger partial charge in [-0.3, -0.25) is 19.7 Å². The number of imide groups is 1. The van der Waals surface area contributed by atoms with Crippen molar-refractivity contribution in [3.63, 3.8) is 0 Å². The lowest BCUT2D eigenvalue weighted by Gasteiger charge is -2.09. The lowest BCUT2D eigenvalue weighted by atomic mass is 9.96. The molecule has 0 atom stereocenters. The van der Waals surface area contributed by atoms with Crippen molar-refractivity contribution in [2.45, 2.75) is 31.1 Å². The molecule has 2 N–H and O–H groups in total. The van der Waals surface area contributed by atoms with Crippen LogP contribution in [0.5, 0.6) is 0 Å². The standard InChI is InChI=1S/C10H9ClO2.C4H5NO2/c11-8-3-1-2-7(6-8)10(4-5-10)9(12)13;6-3-1-2-4(7)5-3/h1-3,6H,4-5H2,(H,12,13);1-2H2,(H,5,6,7).